The third-order valence-corrected chi connectivity index (χ3v) is 4.18. The van der Waals surface area contributed by atoms with E-state index in [0.717, 1.165) is 41.8 Å². The van der Waals surface area contributed by atoms with Gasteiger partial charge in [-0.2, -0.15) is 5.10 Å². The third-order valence-electron chi connectivity index (χ3n) is 4.18. The summed E-state index contributed by atoms with van der Waals surface area (Å²) >= 11 is 0. The number of hydrogen-bond acceptors (Lipinski definition) is 4. The van der Waals surface area contributed by atoms with Crippen molar-refractivity contribution in [3.63, 3.8) is 0 Å². The van der Waals surface area contributed by atoms with E-state index in [1.807, 2.05) is 35.9 Å². The number of carbonyl (C=O) groups excluding carboxylic acids is 2. The van der Waals surface area contributed by atoms with Gasteiger partial charge in [0.25, 0.3) is 5.91 Å². The van der Waals surface area contributed by atoms with Crippen LogP contribution in [0.15, 0.2) is 24.3 Å². The summed E-state index contributed by atoms with van der Waals surface area (Å²) in [6.07, 6.45) is 2.83. The zero-order valence-corrected chi connectivity index (χ0v) is 14.0. The van der Waals surface area contributed by atoms with E-state index in [1.165, 1.54) is 6.92 Å². The van der Waals surface area contributed by atoms with Crippen molar-refractivity contribution < 1.29 is 14.3 Å². The molecule has 0 bridgehead atoms. The van der Waals surface area contributed by atoms with E-state index in [2.05, 4.69) is 10.4 Å². The smallest absolute Gasteiger partial charge is 0.302 e. The number of benzene rings is 1. The molecule has 1 N–H and O–H groups in total. The number of fused-ring (bicyclic) bond motifs is 1. The lowest BCUT2D eigenvalue weighted by Crippen LogP contribution is -2.29. The van der Waals surface area contributed by atoms with Crippen LogP contribution in [-0.2, 0) is 22.4 Å². The zero-order valence-electron chi connectivity index (χ0n) is 14.0. The first-order valence-electron chi connectivity index (χ1n) is 8.16. The summed E-state index contributed by atoms with van der Waals surface area (Å²) in [4.78, 5) is 23.2. The lowest BCUT2D eigenvalue weighted by atomic mass is 10.2. The number of amides is 1. The summed E-state index contributed by atoms with van der Waals surface area (Å²) in [5, 5.41) is 7.34. The summed E-state index contributed by atoms with van der Waals surface area (Å²) in [6, 6.07) is 8.02. The van der Waals surface area contributed by atoms with Crippen molar-refractivity contribution in [2.24, 2.45) is 0 Å². The lowest BCUT2D eigenvalue weighted by Gasteiger charge is -2.08. The maximum absolute atomic E-state index is 12.5. The van der Waals surface area contributed by atoms with Gasteiger partial charge in [-0.3, -0.25) is 9.59 Å². The van der Waals surface area contributed by atoms with Crippen molar-refractivity contribution in [1.29, 1.82) is 0 Å². The van der Waals surface area contributed by atoms with E-state index in [4.69, 9.17) is 4.74 Å². The monoisotopic (exact) mass is 327 g/mol. The summed E-state index contributed by atoms with van der Waals surface area (Å²) in [5.74, 6) is -0.568. The number of esters is 1. The number of nitrogens with one attached hydrogen (secondary N) is 1. The van der Waals surface area contributed by atoms with E-state index in [9.17, 15) is 9.59 Å². The highest BCUT2D eigenvalue weighted by molar-refractivity contribution is 5.94. The molecule has 0 atom stereocenters. The summed E-state index contributed by atoms with van der Waals surface area (Å²) in [7, 11) is 0. The molecule has 0 unspecified atom stereocenters. The van der Waals surface area contributed by atoms with Gasteiger partial charge in [-0.05, 0) is 37.8 Å². The summed E-state index contributed by atoms with van der Waals surface area (Å²) in [6.45, 7) is 3.84. The second-order valence-electron chi connectivity index (χ2n) is 5.92. The molecular formula is C18H21N3O3. The number of aromatic nitrogens is 2. The third kappa shape index (κ3) is 3.18. The number of ether oxygens (including phenoxy) is 1. The van der Waals surface area contributed by atoms with Crippen LogP contribution < -0.4 is 5.32 Å². The molecule has 1 aromatic heterocycles. The van der Waals surface area contributed by atoms with Crippen molar-refractivity contribution in [3.8, 4) is 5.69 Å². The molecule has 1 aliphatic carbocycles. The molecule has 0 fully saturated rings. The largest absolute Gasteiger partial charge is 0.464 e. The van der Waals surface area contributed by atoms with Crippen molar-refractivity contribution in [2.45, 2.75) is 33.1 Å². The molecule has 1 heterocycles. The van der Waals surface area contributed by atoms with Gasteiger partial charge in [0.15, 0.2) is 5.69 Å². The van der Waals surface area contributed by atoms with Gasteiger partial charge in [-0.25, -0.2) is 4.68 Å². The van der Waals surface area contributed by atoms with Gasteiger partial charge < -0.3 is 10.1 Å². The molecule has 0 radical (unpaired) electrons. The Kier molecular flexibility index (Phi) is 4.64. The van der Waals surface area contributed by atoms with Crippen molar-refractivity contribution >= 4 is 11.9 Å². The molecule has 1 aromatic carbocycles. The lowest BCUT2D eigenvalue weighted by molar-refractivity contribution is -0.140. The Balaban J connectivity index is 1.83. The van der Waals surface area contributed by atoms with E-state index < -0.39 is 0 Å². The number of carbonyl (C=O) groups is 2. The topological polar surface area (TPSA) is 73.2 Å². The Morgan fingerprint density at radius 2 is 2.08 bits per heavy atom. The molecule has 0 saturated heterocycles. The fraction of sp³-hybridized carbons (Fsp3) is 0.389. The predicted molar refractivity (Wildman–Crippen MR) is 89.3 cm³/mol. The first kappa shape index (κ1) is 16.2. The van der Waals surface area contributed by atoms with Gasteiger partial charge in [0, 0.05) is 18.2 Å². The average molecular weight is 327 g/mol. The minimum absolute atomic E-state index is 0.168. The first-order valence-corrected chi connectivity index (χ1v) is 8.16. The van der Waals surface area contributed by atoms with Crippen LogP contribution >= 0.6 is 0 Å². The van der Waals surface area contributed by atoms with Crippen LogP contribution in [0.3, 0.4) is 0 Å². The maximum atomic E-state index is 12.5. The standard InChI is InChI=1S/C18H21N3O3/c1-12-6-3-4-8-15(12)21-16-9-5-7-14(16)17(20-21)18(23)19-10-11-24-13(2)22/h3-4,6,8H,5,7,9-11H2,1-2H3,(H,19,23). The highest BCUT2D eigenvalue weighted by atomic mass is 16.5. The summed E-state index contributed by atoms with van der Waals surface area (Å²) < 4.78 is 6.73. The molecule has 2 aromatic rings. The highest BCUT2D eigenvalue weighted by Gasteiger charge is 2.27. The Labute approximate surface area is 140 Å². The molecule has 1 amide bonds. The molecule has 6 heteroatoms. The molecule has 24 heavy (non-hydrogen) atoms. The van der Waals surface area contributed by atoms with Crippen molar-refractivity contribution in [2.75, 3.05) is 13.2 Å². The predicted octanol–water partition coefficient (Wildman–Crippen LogP) is 1.96. The van der Waals surface area contributed by atoms with Gasteiger partial charge in [0.1, 0.15) is 6.61 Å². The quantitative estimate of drug-likeness (QED) is 0.673. The van der Waals surface area contributed by atoms with Gasteiger partial charge in [-0.15, -0.1) is 0 Å². The van der Waals surface area contributed by atoms with E-state index in [-0.39, 0.29) is 25.0 Å². The van der Waals surface area contributed by atoms with Crippen LogP contribution in [0.1, 0.15) is 40.7 Å². The Morgan fingerprint density at radius 1 is 1.29 bits per heavy atom. The first-order chi connectivity index (χ1) is 11.6. The SMILES string of the molecule is CC(=O)OCCNC(=O)c1nn(-c2ccccc2C)c2c1CCC2. The van der Waals surface area contributed by atoms with Gasteiger partial charge in [0.2, 0.25) is 0 Å². The van der Waals surface area contributed by atoms with Crippen LogP contribution in [0.5, 0.6) is 0 Å². The van der Waals surface area contributed by atoms with E-state index >= 15 is 0 Å². The summed E-state index contributed by atoms with van der Waals surface area (Å²) in [5.41, 5.74) is 4.76. The second-order valence-corrected chi connectivity index (χ2v) is 5.92. The number of aryl methyl sites for hydroxylation is 1. The highest BCUT2D eigenvalue weighted by Crippen LogP contribution is 2.28. The van der Waals surface area contributed by atoms with Crippen LogP contribution in [-0.4, -0.2) is 34.8 Å². The molecule has 126 valence electrons. The average Bonchev–Trinajstić information content (AvgIpc) is 3.14. The Bertz CT molecular complexity index is 780. The zero-order chi connectivity index (χ0) is 17.1. The van der Waals surface area contributed by atoms with Crippen LogP contribution in [0.25, 0.3) is 5.69 Å². The molecular weight excluding hydrogens is 306 g/mol. The van der Waals surface area contributed by atoms with Crippen LogP contribution in [0.4, 0.5) is 0 Å². The fourth-order valence-corrected chi connectivity index (χ4v) is 3.06. The number of rotatable bonds is 5. The second kappa shape index (κ2) is 6.86. The molecule has 3 rings (SSSR count). The number of nitrogens with zero attached hydrogens (tertiary/aromatic N) is 2. The Morgan fingerprint density at radius 3 is 2.83 bits per heavy atom. The Hall–Kier alpha value is -2.63. The minimum atomic E-state index is -0.353. The number of hydrogen-bond donors (Lipinski definition) is 1. The maximum Gasteiger partial charge on any atom is 0.302 e. The molecule has 0 aliphatic heterocycles. The fourth-order valence-electron chi connectivity index (χ4n) is 3.06. The molecule has 0 saturated carbocycles. The van der Waals surface area contributed by atoms with Gasteiger partial charge in [0.05, 0.1) is 12.2 Å². The normalized spacial score (nSPS) is 12.8. The van der Waals surface area contributed by atoms with Crippen LogP contribution in [0.2, 0.25) is 0 Å². The molecule has 6 nitrogen and oxygen atoms in total. The number of para-hydroxylation sites is 1. The van der Waals surface area contributed by atoms with E-state index in [0.29, 0.717) is 5.69 Å². The van der Waals surface area contributed by atoms with E-state index in [1.54, 1.807) is 0 Å². The van der Waals surface area contributed by atoms with Crippen molar-refractivity contribution in [1.82, 2.24) is 15.1 Å². The minimum Gasteiger partial charge on any atom is -0.464 e. The molecule has 1 aliphatic rings. The van der Waals surface area contributed by atoms with Gasteiger partial charge >= 0.3 is 5.97 Å². The van der Waals surface area contributed by atoms with Crippen LogP contribution in [0, 0.1) is 6.92 Å². The van der Waals surface area contributed by atoms with Crippen molar-refractivity contribution in [3.05, 3.63) is 46.8 Å². The molecule has 0 spiro atoms. The van der Waals surface area contributed by atoms with Gasteiger partial charge in [-0.1, -0.05) is 18.2 Å².